The van der Waals surface area contributed by atoms with Crippen molar-refractivity contribution in [1.29, 1.82) is 0 Å². The molecule has 1 N–H and O–H groups in total. The van der Waals surface area contributed by atoms with E-state index in [9.17, 15) is 37.5 Å². The van der Waals surface area contributed by atoms with Gasteiger partial charge in [-0.15, -0.1) is 0 Å². The van der Waals surface area contributed by atoms with Gasteiger partial charge >= 0.3 is 47.6 Å². The summed E-state index contributed by atoms with van der Waals surface area (Å²) < 4.78 is 39.0. The van der Waals surface area contributed by atoms with E-state index in [-0.39, 0.29) is 59.7 Å². The first kappa shape index (κ1) is 24.4. The van der Waals surface area contributed by atoms with Crippen molar-refractivity contribution < 1.29 is 37.5 Å². The van der Waals surface area contributed by atoms with Crippen LogP contribution in [0, 0.1) is 5.92 Å². The number of hydrogen-bond acceptors (Lipinski definition) is 5. The number of alkyl halides is 3. The van der Waals surface area contributed by atoms with E-state index >= 15 is 0 Å². The number of pyridine rings is 1. The molecule has 9 nitrogen and oxygen atoms in total. The molecule has 4 aliphatic heterocycles. The van der Waals surface area contributed by atoms with E-state index in [0.29, 0.717) is 29.1 Å². The molecular formula is C21H18F3N4NaO5. The van der Waals surface area contributed by atoms with Gasteiger partial charge in [0.1, 0.15) is 11.7 Å². The number of hydrogen-bond donors (Lipinski definition) is 1. The van der Waals surface area contributed by atoms with Crippen molar-refractivity contribution in [3.63, 3.8) is 0 Å². The average molecular weight is 486 g/mol. The van der Waals surface area contributed by atoms with Crippen LogP contribution in [0.1, 0.15) is 12.8 Å². The molecule has 5 rings (SSSR count). The van der Waals surface area contributed by atoms with Crippen LogP contribution in [0.25, 0.3) is 0 Å². The fraction of sp³-hybridized carbons (Fsp3) is 0.381. The standard InChI is InChI=1S/C21H17F3N4O5.Na.H/c22-21(23,24)20(33)27-9-12-7-11(15(19(31)32)28-14(12)16(27)18(28)30)6-10-3-5-26(17(10)29)13-2-1-4-25-8-13;;/h1-2,4,6,8,12,14,16H,3,5,7,9H2,(H,31,32);;/b10-6+;;/t12-,14-,16+;;/m1../s1. The number of aromatic nitrogens is 1. The number of halogens is 3. The number of allylic oxidation sites excluding steroid dienone is 2. The number of carboxylic acid groups (broad SMARTS) is 1. The number of carboxylic acids is 1. The Kier molecular flexibility index (Phi) is 6.11. The van der Waals surface area contributed by atoms with Crippen LogP contribution in [0.3, 0.4) is 0 Å². The third-order valence-electron chi connectivity index (χ3n) is 6.53. The molecule has 5 heterocycles. The monoisotopic (exact) mass is 486 g/mol. The second-order valence-electron chi connectivity index (χ2n) is 8.33. The minimum absolute atomic E-state index is 0. The number of likely N-dealkylation sites (tertiary alicyclic amines) is 1. The molecule has 3 fully saturated rings. The van der Waals surface area contributed by atoms with Crippen LogP contribution in [0.5, 0.6) is 0 Å². The van der Waals surface area contributed by atoms with Crippen LogP contribution in [-0.2, 0) is 19.2 Å². The first-order chi connectivity index (χ1) is 15.6. The molecule has 3 amide bonds. The van der Waals surface area contributed by atoms with E-state index in [1.807, 2.05) is 0 Å². The van der Waals surface area contributed by atoms with E-state index in [4.69, 9.17) is 0 Å². The van der Waals surface area contributed by atoms with Crippen molar-refractivity contribution in [1.82, 2.24) is 14.8 Å². The summed E-state index contributed by atoms with van der Waals surface area (Å²) in [5, 5.41) is 9.77. The molecule has 0 unspecified atom stereocenters. The molecule has 4 aliphatic rings. The molecule has 34 heavy (non-hydrogen) atoms. The van der Waals surface area contributed by atoms with Gasteiger partial charge in [0.2, 0.25) is 0 Å². The molecule has 0 spiro atoms. The second kappa shape index (κ2) is 8.51. The minimum atomic E-state index is -5.13. The topological polar surface area (TPSA) is 111 Å². The second-order valence-corrected chi connectivity index (χ2v) is 8.33. The van der Waals surface area contributed by atoms with E-state index in [1.165, 1.54) is 17.2 Å². The first-order valence-electron chi connectivity index (χ1n) is 10.2. The fourth-order valence-electron chi connectivity index (χ4n) is 5.19. The van der Waals surface area contributed by atoms with Crippen molar-refractivity contribution in [2.24, 2.45) is 5.92 Å². The molecule has 0 aromatic carbocycles. The summed E-state index contributed by atoms with van der Waals surface area (Å²) in [5.41, 5.74) is 0.754. The molecule has 3 saturated heterocycles. The van der Waals surface area contributed by atoms with Gasteiger partial charge in [0.15, 0.2) is 0 Å². The van der Waals surface area contributed by atoms with Crippen molar-refractivity contribution >= 4 is 58.9 Å². The summed E-state index contributed by atoms with van der Waals surface area (Å²) in [6, 6.07) is 1.26. The summed E-state index contributed by atoms with van der Waals surface area (Å²) >= 11 is 0. The Hall–Kier alpha value is -2.70. The summed E-state index contributed by atoms with van der Waals surface area (Å²) in [4.78, 5) is 56.3. The summed E-state index contributed by atoms with van der Waals surface area (Å²) in [6.45, 7) is 0.0436. The number of carbonyl (C=O) groups is 4. The molecule has 13 heteroatoms. The van der Waals surface area contributed by atoms with Crippen molar-refractivity contribution in [2.75, 3.05) is 18.0 Å². The Morgan fingerprint density at radius 1 is 1.24 bits per heavy atom. The Morgan fingerprint density at radius 3 is 2.59 bits per heavy atom. The zero-order valence-corrected chi connectivity index (χ0v) is 17.0. The van der Waals surface area contributed by atoms with Crippen LogP contribution in [-0.4, -0.2) is 104 Å². The van der Waals surface area contributed by atoms with Crippen LogP contribution < -0.4 is 4.90 Å². The van der Waals surface area contributed by atoms with Gasteiger partial charge < -0.3 is 14.9 Å². The van der Waals surface area contributed by atoms with Gasteiger partial charge in [0.05, 0.1) is 17.9 Å². The number of aliphatic carboxylic acids is 1. The molecule has 0 bridgehead atoms. The van der Waals surface area contributed by atoms with Crippen LogP contribution in [0.15, 0.2) is 47.4 Å². The number of anilines is 1. The predicted octanol–water partition coefficient (Wildman–Crippen LogP) is 0.439. The van der Waals surface area contributed by atoms with Crippen LogP contribution in [0.4, 0.5) is 18.9 Å². The molecule has 1 aromatic rings. The number of β-lactam (4-membered cyclic amide) rings is 1. The Morgan fingerprint density at radius 2 is 1.97 bits per heavy atom. The maximum absolute atomic E-state index is 13.0. The van der Waals surface area contributed by atoms with E-state index in [2.05, 4.69) is 4.98 Å². The third kappa shape index (κ3) is 3.64. The van der Waals surface area contributed by atoms with E-state index in [0.717, 1.165) is 4.90 Å². The molecule has 0 saturated carbocycles. The quantitative estimate of drug-likeness (QED) is 0.377. The Labute approximate surface area is 213 Å². The maximum atomic E-state index is 13.0. The van der Waals surface area contributed by atoms with Gasteiger partial charge in [-0.05, 0) is 36.6 Å². The molecule has 0 radical (unpaired) electrons. The van der Waals surface area contributed by atoms with Gasteiger partial charge in [0.25, 0.3) is 11.8 Å². The third-order valence-corrected chi connectivity index (χ3v) is 6.53. The van der Waals surface area contributed by atoms with E-state index < -0.39 is 42.0 Å². The van der Waals surface area contributed by atoms with Gasteiger partial charge in [-0.3, -0.25) is 24.3 Å². The SMILES string of the molecule is O=C(O)C1=C(/C=C2\CCN(c3cccnc3)C2=O)C[C@@H]2CN(C(=O)C(F)(F)F)[C@@H]3C(=O)N1[C@H]23.[NaH]. The predicted molar refractivity (Wildman–Crippen MR) is 111 cm³/mol. The van der Waals surface area contributed by atoms with Crippen molar-refractivity contribution in [3.8, 4) is 0 Å². The fourth-order valence-corrected chi connectivity index (χ4v) is 5.19. The van der Waals surface area contributed by atoms with Gasteiger partial charge in [-0.2, -0.15) is 13.2 Å². The number of nitrogens with zero attached hydrogens (tertiary/aromatic N) is 4. The molecule has 174 valence electrons. The Balaban J connectivity index is 0.00000274. The van der Waals surface area contributed by atoms with Gasteiger partial charge in [0, 0.05) is 30.8 Å². The first-order valence-corrected chi connectivity index (χ1v) is 10.2. The van der Waals surface area contributed by atoms with Crippen molar-refractivity contribution in [3.05, 3.63) is 47.4 Å². The van der Waals surface area contributed by atoms with Gasteiger partial charge in [-0.25, -0.2) is 4.79 Å². The molecule has 3 atom stereocenters. The van der Waals surface area contributed by atoms with E-state index in [1.54, 1.807) is 18.3 Å². The molecular weight excluding hydrogens is 468 g/mol. The molecule has 0 aliphatic carbocycles. The average Bonchev–Trinajstić information content (AvgIpc) is 3.31. The Bertz CT molecular complexity index is 1150. The zero-order chi connectivity index (χ0) is 23.7. The number of rotatable bonds is 3. The van der Waals surface area contributed by atoms with Crippen LogP contribution in [0.2, 0.25) is 0 Å². The van der Waals surface area contributed by atoms with Gasteiger partial charge in [-0.1, -0.05) is 0 Å². The zero-order valence-electron chi connectivity index (χ0n) is 17.0. The van der Waals surface area contributed by atoms with Crippen molar-refractivity contribution in [2.45, 2.75) is 31.1 Å². The summed E-state index contributed by atoms with van der Waals surface area (Å²) in [5.74, 6) is -5.27. The number of amides is 3. The van der Waals surface area contributed by atoms with Crippen LogP contribution >= 0.6 is 0 Å². The normalized spacial score (nSPS) is 27.1. The summed E-state index contributed by atoms with van der Waals surface area (Å²) in [6.07, 6.45) is -0.251. The summed E-state index contributed by atoms with van der Waals surface area (Å²) in [7, 11) is 0. The molecule has 1 aromatic heterocycles. The number of carbonyl (C=O) groups excluding carboxylic acids is 3.